The summed E-state index contributed by atoms with van der Waals surface area (Å²) in [5.74, 6) is 2.67. The van der Waals surface area contributed by atoms with Gasteiger partial charge in [-0.2, -0.15) is 0 Å². The molecule has 2 aromatic rings. The molecule has 3 rings (SSSR count). The zero-order chi connectivity index (χ0) is 14.8. The normalized spacial score (nSPS) is 13.1. The molecule has 1 aliphatic heterocycles. The highest BCUT2D eigenvalue weighted by molar-refractivity contribution is 7.98. The van der Waals surface area contributed by atoms with Crippen molar-refractivity contribution < 1.29 is 9.47 Å². The summed E-state index contributed by atoms with van der Waals surface area (Å²) in [4.78, 5) is 8.24. The minimum Gasteiger partial charge on any atom is -0.486 e. The van der Waals surface area contributed by atoms with Crippen LogP contribution in [0.25, 0.3) is 0 Å². The first-order valence-corrected chi connectivity index (χ1v) is 7.31. The zero-order valence-corrected chi connectivity index (χ0v) is 12.0. The number of nitrogen functional groups attached to an aromatic ring is 3. The molecule has 2 heterocycles. The number of aromatic nitrogens is 2. The first-order valence-electron chi connectivity index (χ1n) is 6.32. The number of nitrogens with two attached hydrogens (primary N) is 3. The number of ether oxygens (including phenoxy) is 2. The van der Waals surface area contributed by atoms with Gasteiger partial charge in [-0.3, -0.25) is 0 Å². The molecule has 0 saturated heterocycles. The number of anilines is 3. The topological polar surface area (TPSA) is 122 Å². The minimum atomic E-state index is 0.347. The van der Waals surface area contributed by atoms with Crippen molar-refractivity contribution in [2.45, 2.75) is 10.9 Å². The average Bonchev–Trinajstić information content (AvgIpc) is 2.44. The van der Waals surface area contributed by atoms with E-state index in [-0.39, 0.29) is 0 Å². The van der Waals surface area contributed by atoms with Crippen molar-refractivity contribution in [1.82, 2.24) is 9.97 Å². The highest BCUT2D eigenvalue weighted by atomic mass is 32.2. The lowest BCUT2D eigenvalue weighted by Gasteiger charge is -2.20. The SMILES string of the molecule is Nc1cc(N)nc(SCc2cc3c(cc2N)OCCO3)n1. The molecule has 8 heteroatoms. The lowest BCUT2D eigenvalue weighted by atomic mass is 10.2. The van der Waals surface area contributed by atoms with Gasteiger partial charge in [-0.15, -0.1) is 0 Å². The highest BCUT2D eigenvalue weighted by Crippen LogP contribution is 2.36. The largest absolute Gasteiger partial charge is 0.486 e. The van der Waals surface area contributed by atoms with Crippen LogP contribution in [-0.2, 0) is 5.75 Å². The quantitative estimate of drug-likeness (QED) is 0.440. The van der Waals surface area contributed by atoms with Crippen molar-refractivity contribution in [2.24, 2.45) is 0 Å². The van der Waals surface area contributed by atoms with Crippen molar-refractivity contribution >= 4 is 29.1 Å². The van der Waals surface area contributed by atoms with Crippen LogP contribution in [0, 0.1) is 0 Å². The molecule has 0 amide bonds. The molecule has 7 nitrogen and oxygen atoms in total. The van der Waals surface area contributed by atoms with Gasteiger partial charge in [0.1, 0.15) is 24.8 Å². The van der Waals surface area contributed by atoms with Crippen molar-refractivity contribution in [3.8, 4) is 11.5 Å². The summed E-state index contributed by atoms with van der Waals surface area (Å²) in [6, 6.07) is 5.17. The molecule has 1 aromatic heterocycles. The Morgan fingerprint density at radius 1 is 0.952 bits per heavy atom. The maximum atomic E-state index is 6.03. The zero-order valence-electron chi connectivity index (χ0n) is 11.2. The third-order valence-corrected chi connectivity index (χ3v) is 3.80. The second-order valence-electron chi connectivity index (χ2n) is 4.48. The number of benzene rings is 1. The highest BCUT2D eigenvalue weighted by Gasteiger charge is 2.15. The monoisotopic (exact) mass is 305 g/mol. The molecular formula is C13H15N5O2S. The van der Waals surface area contributed by atoms with E-state index in [4.69, 9.17) is 26.7 Å². The lowest BCUT2D eigenvalue weighted by Crippen LogP contribution is -2.15. The fraction of sp³-hybridized carbons (Fsp3) is 0.231. The van der Waals surface area contributed by atoms with Gasteiger partial charge in [0.25, 0.3) is 0 Å². The van der Waals surface area contributed by atoms with Crippen molar-refractivity contribution in [3.05, 3.63) is 23.8 Å². The van der Waals surface area contributed by atoms with Gasteiger partial charge in [-0.05, 0) is 11.6 Å². The molecule has 0 radical (unpaired) electrons. The molecule has 110 valence electrons. The van der Waals surface area contributed by atoms with Gasteiger partial charge in [0.15, 0.2) is 16.7 Å². The van der Waals surface area contributed by atoms with Gasteiger partial charge in [0, 0.05) is 23.6 Å². The van der Waals surface area contributed by atoms with E-state index in [2.05, 4.69) is 9.97 Å². The number of fused-ring (bicyclic) bond motifs is 1. The molecule has 0 aliphatic carbocycles. The fourth-order valence-electron chi connectivity index (χ4n) is 1.94. The Bertz CT molecular complexity index is 660. The third-order valence-electron chi connectivity index (χ3n) is 2.91. The molecule has 6 N–H and O–H groups in total. The lowest BCUT2D eigenvalue weighted by molar-refractivity contribution is 0.171. The van der Waals surface area contributed by atoms with E-state index >= 15 is 0 Å². The second-order valence-corrected chi connectivity index (χ2v) is 5.43. The van der Waals surface area contributed by atoms with Crippen LogP contribution in [-0.4, -0.2) is 23.2 Å². The molecule has 1 aliphatic rings. The smallest absolute Gasteiger partial charge is 0.191 e. The summed E-state index contributed by atoms with van der Waals surface area (Å²) in [5.41, 5.74) is 18.9. The van der Waals surface area contributed by atoms with E-state index in [0.717, 1.165) is 5.56 Å². The molecule has 1 aromatic carbocycles. The van der Waals surface area contributed by atoms with Crippen LogP contribution in [0.3, 0.4) is 0 Å². The van der Waals surface area contributed by atoms with Crippen LogP contribution in [0.5, 0.6) is 11.5 Å². The summed E-state index contributed by atoms with van der Waals surface area (Å²) in [6.07, 6.45) is 0. The van der Waals surface area contributed by atoms with E-state index in [0.29, 0.717) is 52.9 Å². The number of thioether (sulfide) groups is 1. The van der Waals surface area contributed by atoms with Gasteiger partial charge < -0.3 is 26.7 Å². The summed E-state index contributed by atoms with van der Waals surface area (Å²) in [6.45, 7) is 1.08. The van der Waals surface area contributed by atoms with Crippen molar-refractivity contribution in [3.63, 3.8) is 0 Å². The van der Waals surface area contributed by atoms with Gasteiger partial charge in [-0.25, -0.2) is 9.97 Å². The van der Waals surface area contributed by atoms with E-state index in [1.165, 1.54) is 17.8 Å². The van der Waals surface area contributed by atoms with E-state index in [9.17, 15) is 0 Å². The summed E-state index contributed by atoms with van der Waals surface area (Å²) < 4.78 is 11.0. The summed E-state index contributed by atoms with van der Waals surface area (Å²) >= 11 is 1.41. The Morgan fingerprint density at radius 3 is 2.24 bits per heavy atom. The third kappa shape index (κ3) is 3.05. The van der Waals surface area contributed by atoms with Crippen molar-refractivity contribution in [1.29, 1.82) is 0 Å². The number of hydrogen-bond acceptors (Lipinski definition) is 8. The first kappa shape index (κ1) is 13.6. The molecule has 0 fully saturated rings. The van der Waals surface area contributed by atoms with Crippen LogP contribution in [0.2, 0.25) is 0 Å². The predicted octanol–water partition coefficient (Wildman–Crippen LogP) is 1.29. The van der Waals surface area contributed by atoms with Crippen LogP contribution < -0.4 is 26.7 Å². The standard InChI is InChI=1S/C13H15N5O2S/c14-8-4-10-9(19-1-2-20-10)3-7(8)6-21-13-17-11(15)5-12(16)18-13/h3-5H,1-2,6,14H2,(H4,15,16,17,18). The van der Waals surface area contributed by atoms with Gasteiger partial charge in [0.05, 0.1) is 0 Å². The predicted molar refractivity (Wildman–Crippen MR) is 82.3 cm³/mol. The van der Waals surface area contributed by atoms with E-state index < -0.39 is 0 Å². The van der Waals surface area contributed by atoms with Gasteiger partial charge >= 0.3 is 0 Å². The second kappa shape index (κ2) is 5.57. The molecular weight excluding hydrogens is 290 g/mol. The molecule has 0 bridgehead atoms. The van der Waals surface area contributed by atoms with Gasteiger partial charge in [0.2, 0.25) is 0 Å². The first-order chi connectivity index (χ1) is 10.1. The van der Waals surface area contributed by atoms with E-state index in [1.54, 1.807) is 6.07 Å². The Kier molecular flexibility index (Phi) is 3.61. The number of nitrogens with zero attached hydrogens (tertiary/aromatic N) is 2. The van der Waals surface area contributed by atoms with Crippen LogP contribution >= 0.6 is 11.8 Å². The maximum absolute atomic E-state index is 6.03. The Balaban J connectivity index is 1.78. The van der Waals surface area contributed by atoms with Gasteiger partial charge in [-0.1, -0.05) is 11.8 Å². The Labute approximate surface area is 125 Å². The Hall–Kier alpha value is -2.35. The summed E-state index contributed by atoms with van der Waals surface area (Å²) in [7, 11) is 0. The number of rotatable bonds is 3. The maximum Gasteiger partial charge on any atom is 0.191 e. The fourth-order valence-corrected chi connectivity index (χ4v) is 2.81. The van der Waals surface area contributed by atoms with E-state index in [1.807, 2.05) is 6.07 Å². The molecule has 21 heavy (non-hydrogen) atoms. The minimum absolute atomic E-state index is 0.347. The van der Waals surface area contributed by atoms with Crippen LogP contribution in [0.15, 0.2) is 23.4 Å². The Morgan fingerprint density at radius 2 is 1.57 bits per heavy atom. The molecule has 0 saturated carbocycles. The molecule has 0 atom stereocenters. The molecule has 0 unspecified atom stereocenters. The van der Waals surface area contributed by atoms with Crippen LogP contribution in [0.4, 0.5) is 17.3 Å². The van der Waals surface area contributed by atoms with Crippen LogP contribution in [0.1, 0.15) is 5.56 Å². The summed E-state index contributed by atoms with van der Waals surface area (Å²) in [5, 5.41) is 0.516. The van der Waals surface area contributed by atoms with Crippen molar-refractivity contribution in [2.75, 3.05) is 30.4 Å². The number of hydrogen-bond donors (Lipinski definition) is 3. The molecule has 0 spiro atoms. The average molecular weight is 305 g/mol.